The van der Waals surface area contributed by atoms with E-state index < -0.39 is 27.8 Å². The summed E-state index contributed by atoms with van der Waals surface area (Å²) in [7, 11) is -3.27. The predicted octanol–water partition coefficient (Wildman–Crippen LogP) is 2.71. The fourth-order valence-electron chi connectivity index (χ4n) is 5.78. The normalized spacial score (nSPS) is 19.1. The molecule has 17 heteroatoms. The topological polar surface area (TPSA) is 137 Å². The van der Waals surface area contributed by atoms with E-state index in [1.54, 1.807) is 4.52 Å². The van der Waals surface area contributed by atoms with Crippen molar-refractivity contribution < 1.29 is 31.1 Å². The number of ether oxygens (including phenoxy) is 1. The van der Waals surface area contributed by atoms with E-state index in [1.165, 1.54) is 10.6 Å². The Bertz CT molecular complexity index is 1680. The first-order valence-corrected chi connectivity index (χ1v) is 16.8. The summed E-state index contributed by atoms with van der Waals surface area (Å²) >= 11 is 0. The number of alkyl halides is 3. The van der Waals surface area contributed by atoms with E-state index in [0.717, 1.165) is 42.8 Å². The van der Waals surface area contributed by atoms with Gasteiger partial charge in [0.15, 0.2) is 11.6 Å². The lowest BCUT2D eigenvalue weighted by molar-refractivity contribution is -0.137. The highest BCUT2D eigenvalue weighted by Gasteiger charge is 2.36. The number of nitrogens with zero attached hydrogens (tertiary/aromatic N) is 7. The number of amides is 2. The number of fused-ring (bicyclic) bond motifs is 1. The number of pyridine rings is 1. The van der Waals surface area contributed by atoms with Gasteiger partial charge in [0.25, 0.3) is 0 Å². The fourth-order valence-corrected chi connectivity index (χ4v) is 6.61. The highest BCUT2D eigenvalue weighted by Crippen LogP contribution is 2.38. The highest BCUT2D eigenvalue weighted by atomic mass is 32.2. The highest BCUT2D eigenvalue weighted by molar-refractivity contribution is 7.88. The first-order chi connectivity index (χ1) is 21.4. The molecule has 0 bridgehead atoms. The molecule has 2 saturated heterocycles. The van der Waals surface area contributed by atoms with Gasteiger partial charge in [0.05, 0.1) is 30.6 Å². The van der Waals surface area contributed by atoms with Crippen LogP contribution in [0.5, 0.6) is 0 Å². The molecule has 3 aromatic rings. The van der Waals surface area contributed by atoms with Crippen LogP contribution in [0.15, 0.2) is 18.3 Å². The Kier molecular flexibility index (Phi) is 8.62. The zero-order chi connectivity index (χ0) is 31.9. The Morgan fingerprint density at radius 3 is 2.42 bits per heavy atom. The zero-order valence-electron chi connectivity index (χ0n) is 25.1. The third-order valence-corrected chi connectivity index (χ3v) is 9.90. The summed E-state index contributed by atoms with van der Waals surface area (Å²) < 4.78 is 75.8. The molecule has 2 N–H and O–H groups in total. The summed E-state index contributed by atoms with van der Waals surface area (Å²) in [4.78, 5) is 25.2. The molecular weight excluding hydrogens is 615 g/mol. The zero-order valence-corrected chi connectivity index (χ0v) is 25.9. The number of morpholine rings is 1. The van der Waals surface area contributed by atoms with Crippen molar-refractivity contribution in [3.8, 4) is 11.4 Å². The molecule has 2 aliphatic heterocycles. The number of urea groups is 1. The Balaban J connectivity index is 1.35. The first-order valence-electron chi connectivity index (χ1n) is 14.9. The molecule has 45 heavy (non-hydrogen) atoms. The van der Waals surface area contributed by atoms with Crippen LogP contribution in [0.1, 0.15) is 36.1 Å². The van der Waals surface area contributed by atoms with E-state index in [0.29, 0.717) is 70.4 Å². The molecule has 2 amide bonds. The largest absolute Gasteiger partial charge is 0.417 e. The van der Waals surface area contributed by atoms with Gasteiger partial charge in [0.1, 0.15) is 11.3 Å². The minimum atomic E-state index is -4.78. The summed E-state index contributed by atoms with van der Waals surface area (Å²) in [5.41, 5.74) is 0.972. The van der Waals surface area contributed by atoms with Crippen LogP contribution in [0.3, 0.4) is 0 Å². The summed E-state index contributed by atoms with van der Waals surface area (Å²) in [6.07, 6.45) is 0.137. The molecule has 0 spiro atoms. The maximum atomic E-state index is 14.4. The number of halogens is 3. The number of aromatic nitrogens is 4. The Morgan fingerprint density at radius 2 is 1.80 bits per heavy atom. The van der Waals surface area contributed by atoms with Gasteiger partial charge in [0.2, 0.25) is 10.0 Å². The van der Waals surface area contributed by atoms with E-state index in [1.807, 2.05) is 17.9 Å². The van der Waals surface area contributed by atoms with Gasteiger partial charge in [-0.3, -0.25) is 10.2 Å². The summed E-state index contributed by atoms with van der Waals surface area (Å²) in [5, 5.41) is 9.73. The average molecular weight is 652 g/mol. The molecule has 0 aromatic carbocycles. The second kappa shape index (κ2) is 12.3. The molecule has 5 heterocycles. The van der Waals surface area contributed by atoms with Gasteiger partial charge in [-0.1, -0.05) is 0 Å². The predicted molar refractivity (Wildman–Crippen MR) is 160 cm³/mol. The summed E-state index contributed by atoms with van der Waals surface area (Å²) in [6.45, 7) is 6.13. The van der Waals surface area contributed by atoms with E-state index in [4.69, 9.17) is 4.74 Å². The van der Waals surface area contributed by atoms with Crippen molar-refractivity contribution in [3.63, 3.8) is 0 Å². The Labute approximate surface area is 258 Å². The van der Waals surface area contributed by atoms with E-state index in [2.05, 4.69) is 30.6 Å². The number of piperazine rings is 1. The number of carbonyl (C=O) groups is 1. The van der Waals surface area contributed by atoms with Crippen molar-refractivity contribution in [2.24, 2.45) is 0 Å². The van der Waals surface area contributed by atoms with Crippen LogP contribution >= 0.6 is 0 Å². The molecule has 0 unspecified atom stereocenters. The molecule has 244 valence electrons. The third-order valence-electron chi connectivity index (χ3n) is 8.59. The number of anilines is 2. The van der Waals surface area contributed by atoms with Crippen molar-refractivity contribution >= 4 is 33.2 Å². The lowest BCUT2D eigenvalue weighted by Crippen LogP contribution is -2.47. The molecule has 13 nitrogen and oxygen atoms in total. The molecule has 3 fully saturated rings. The van der Waals surface area contributed by atoms with Crippen LogP contribution in [0.25, 0.3) is 16.9 Å². The molecule has 1 aliphatic carbocycles. The summed E-state index contributed by atoms with van der Waals surface area (Å²) in [6, 6.07) is 2.16. The number of rotatable bonds is 7. The van der Waals surface area contributed by atoms with Crippen LogP contribution in [0, 0.1) is 6.92 Å². The molecule has 3 aromatic heterocycles. The van der Waals surface area contributed by atoms with Gasteiger partial charge in [-0.15, -0.1) is 5.10 Å². The van der Waals surface area contributed by atoms with Crippen molar-refractivity contribution in [3.05, 3.63) is 35.2 Å². The third kappa shape index (κ3) is 6.85. The number of sulfonamides is 1. The first kappa shape index (κ1) is 31.4. The van der Waals surface area contributed by atoms with Crippen molar-refractivity contribution in [2.45, 2.75) is 44.9 Å². The smallest absolute Gasteiger partial charge is 0.378 e. The fraction of sp³-hybridized carbons (Fsp3) is 0.571. The molecule has 0 atom stereocenters. The van der Waals surface area contributed by atoms with Crippen LogP contribution in [-0.4, -0.2) is 108 Å². The van der Waals surface area contributed by atoms with Crippen molar-refractivity contribution in [2.75, 3.05) is 69.0 Å². The second-order valence-electron chi connectivity index (χ2n) is 11.7. The van der Waals surface area contributed by atoms with Crippen molar-refractivity contribution in [1.29, 1.82) is 0 Å². The number of aryl methyl sites for hydroxylation is 1. The Hall–Kier alpha value is -3.54. The number of hydrogen-bond donors (Lipinski definition) is 2. The minimum Gasteiger partial charge on any atom is -0.378 e. The van der Waals surface area contributed by atoms with E-state index >= 15 is 0 Å². The standard InChI is InChI=1S/C28H36F3N9O4S/c1-18-19(17-37-6-8-39(9-7-37)45(2,42)43)14-23-26(38-10-12-44-13-11-38)35-25(36-40(18)23)21-16-32-24(15-22(21)28(29,30)31)34-27(41)33-20-4-3-5-20/h14-16,20H,3-13,17H2,1-2H3,(H2,32,33,34,41). The van der Waals surface area contributed by atoms with Gasteiger partial charge >= 0.3 is 12.2 Å². The molecule has 3 aliphatic rings. The molecule has 0 radical (unpaired) electrons. The van der Waals surface area contributed by atoms with Crippen LogP contribution in [0.4, 0.5) is 29.6 Å². The summed E-state index contributed by atoms with van der Waals surface area (Å²) in [5.74, 6) is 0.101. The van der Waals surface area contributed by atoms with Crippen LogP contribution < -0.4 is 15.5 Å². The quantitative estimate of drug-likeness (QED) is 0.395. The van der Waals surface area contributed by atoms with Crippen molar-refractivity contribution in [1.82, 2.24) is 34.1 Å². The lowest BCUT2D eigenvalue weighted by Gasteiger charge is -2.33. The van der Waals surface area contributed by atoms with Gasteiger partial charge < -0.3 is 15.0 Å². The minimum absolute atomic E-state index is 0.0110. The number of carbonyl (C=O) groups excluding carboxylic acids is 1. The maximum absolute atomic E-state index is 14.4. The van der Waals surface area contributed by atoms with Gasteiger partial charge in [-0.25, -0.2) is 27.7 Å². The Morgan fingerprint density at radius 1 is 1.09 bits per heavy atom. The van der Waals surface area contributed by atoms with Gasteiger partial charge in [0, 0.05) is 63.7 Å². The molecule has 6 rings (SSSR count). The van der Waals surface area contributed by atoms with Gasteiger partial charge in [-0.05, 0) is 43.9 Å². The second-order valence-corrected chi connectivity index (χ2v) is 13.7. The van der Waals surface area contributed by atoms with E-state index in [-0.39, 0.29) is 23.2 Å². The van der Waals surface area contributed by atoms with E-state index in [9.17, 15) is 26.4 Å². The monoisotopic (exact) mass is 651 g/mol. The number of hydrogen-bond acceptors (Lipinski definition) is 9. The number of nitrogens with one attached hydrogen (secondary N) is 2. The molecule has 1 saturated carbocycles. The lowest BCUT2D eigenvalue weighted by atomic mass is 9.93. The molecular formula is C28H36F3N9O4S. The van der Waals surface area contributed by atoms with Gasteiger partial charge in [-0.2, -0.15) is 17.5 Å². The average Bonchev–Trinajstić information content (AvgIpc) is 3.29. The maximum Gasteiger partial charge on any atom is 0.417 e. The van der Waals surface area contributed by atoms with Crippen LogP contribution in [0.2, 0.25) is 0 Å². The van der Waals surface area contributed by atoms with Crippen LogP contribution in [-0.2, 0) is 27.5 Å². The SMILES string of the molecule is Cc1c(CN2CCN(S(C)(=O)=O)CC2)cc2c(N3CCOCC3)nc(-c3cnc(NC(=O)NC4CCC4)cc3C(F)(F)F)nn12.